The van der Waals surface area contributed by atoms with E-state index in [0.717, 1.165) is 25.0 Å². The standard InChI is InChI=1S/C22H27ClF2N2O3/c1-14-8-21(29,12-22(24,25)9-14)13-26-20(28)16-11-27(10-15-4-3-7-30-15)18-6-2-5-17(23)19(16)18/h2,5-6,11,14-15,29H,3-4,7-10,12-13H2,1H3,(H,26,28). The highest BCUT2D eigenvalue weighted by molar-refractivity contribution is 6.36. The molecule has 3 unspecified atom stereocenters. The summed E-state index contributed by atoms with van der Waals surface area (Å²) in [5.74, 6) is -3.69. The summed E-state index contributed by atoms with van der Waals surface area (Å²) in [5.41, 5.74) is -0.441. The van der Waals surface area contributed by atoms with Gasteiger partial charge in [0.25, 0.3) is 11.8 Å². The molecule has 0 bridgehead atoms. The Bertz CT molecular complexity index is 942. The van der Waals surface area contributed by atoms with Gasteiger partial charge in [0.1, 0.15) is 0 Å². The Morgan fingerprint density at radius 2 is 2.20 bits per heavy atom. The molecule has 1 aromatic carbocycles. The van der Waals surface area contributed by atoms with Crippen LogP contribution in [0.2, 0.25) is 5.02 Å². The van der Waals surface area contributed by atoms with Crippen LogP contribution >= 0.6 is 11.6 Å². The summed E-state index contributed by atoms with van der Waals surface area (Å²) in [7, 11) is 0. The fraction of sp³-hybridized carbons (Fsp3) is 0.591. The number of hydrogen-bond acceptors (Lipinski definition) is 3. The zero-order valence-corrected chi connectivity index (χ0v) is 17.7. The largest absolute Gasteiger partial charge is 0.388 e. The molecular weight excluding hydrogens is 414 g/mol. The van der Waals surface area contributed by atoms with E-state index in [9.17, 15) is 18.7 Å². The number of carbonyl (C=O) groups excluding carboxylic acids is 1. The smallest absolute Gasteiger partial charge is 0.253 e. The summed E-state index contributed by atoms with van der Waals surface area (Å²) in [6, 6.07) is 5.43. The summed E-state index contributed by atoms with van der Waals surface area (Å²) >= 11 is 6.40. The molecule has 2 aromatic rings. The first-order valence-electron chi connectivity index (χ1n) is 10.4. The van der Waals surface area contributed by atoms with Gasteiger partial charge in [-0.3, -0.25) is 4.79 Å². The predicted molar refractivity (Wildman–Crippen MR) is 111 cm³/mol. The van der Waals surface area contributed by atoms with Gasteiger partial charge in [-0.05, 0) is 37.3 Å². The first kappa shape index (κ1) is 21.5. The lowest BCUT2D eigenvalue weighted by molar-refractivity contribution is -0.137. The Kier molecular flexibility index (Phi) is 5.81. The van der Waals surface area contributed by atoms with Crippen molar-refractivity contribution >= 4 is 28.4 Å². The zero-order valence-electron chi connectivity index (χ0n) is 17.0. The molecule has 1 aliphatic heterocycles. The van der Waals surface area contributed by atoms with Crippen molar-refractivity contribution in [1.29, 1.82) is 0 Å². The lowest BCUT2D eigenvalue weighted by Crippen LogP contribution is -2.51. The molecule has 5 nitrogen and oxygen atoms in total. The molecule has 1 amide bonds. The summed E-state index contributed by atoms with van der Waals surface area (Å²) in [6.07, 6.45) is 3.13. The third-order valence-electron chi connectivity index (χ3n) is 6.07. The minimum absolute atomic E-state index is 0.0853. The predicted octanol–water partition coefficient (Wildman–Crippen LogP) is 4.39. The number of nitrogens with zero attached hydrogens (tertiary/aromatic N) is 1. The van der Waals surface area contributed by atoms with Crippen molar-refractivity contribution in [2.75, 3.05) is 13.2 Å². The normalized spacial score (nSPS) is 28.7. The lowest BCUT2D eigenvalue weighted by atomic mass is 9.76. The van der Waals surface area contributed by atoms with E-state index >= 15 is 0 Å². The second kappa shape index (κ2) is 8.09. The Labute approximate surface area is 179 Å². The molecule has 2 heterocycles. The molecule has 30 heavy (non-hydrogen) atoms. The van der Waals surface area contributed by atoms with Gasteiger partial charge >= 0.3 is 0 Å². The second-order valence-corrected chi connectivity index (χ2v) is 9.32. The van der Waals surface area contributed by atoms with Gasteiger partial charge in [-0.2, -0.15) is 0 Å². The number of aromatic nitrogens is 1. The molecule has 2 N–H and O–H groups in total. The van der Waals surface area contributed by atoms with Crippen molar-refractivity contribution in [3.05, 3.63) is 35.0 Å². The van der Waals surface area contributed by atoms with E-state index in [1.807, 2.05) is 16.7 Å². The Morgan fingerprint density at radius 1 is 1.40 bits per heavy atom. The van der Waals surface area contributed by atoms with Crippen molar-refractivity contribution < 1.29 is 23.4 Å². The van der Waals surface area contributed by atoms with Crippen LogP contribution in [-0.2, 0) is 11.3 Å². The van der Waals surface area contributed by atoms with E-state index in [-0.39, 0.29) is 31.4 Å². The molecule has 0 spiro atoms. The molecule has 0 radical (unpaired) electrons. The molecule has 2 aliphatic rings. The molecule has 164 valence electrons. The zero-order chi connectivity index (χ0) is 21.5. The second-order valence-electron chi connectivity index (χ2n) is 8.92. The third-order valence-corrected chi connectivity index (χ3v) is 6.38. The summed E-state index contributed by atoms with van der Waals surface area (Å²) < 4.78 is 35.6. The van der Waals surface area contributed by atoms with Crippen molar-refractivity contribution in [3.63, 3.8) is 0 Å². The van der Waals surface area contributed by atoms with Crippen molar-refractivity contribution in [2.24, 2.45) is 5.92 Å². The average Bonchev–Trinajstić information content (AvgIpc) is 3.27. The number of ether oxygens (including phenoxy) is 1. The number of amides is 1. The van der Waals surface area contributed by atoms with Crippen LogP contribution in [0, 0.1) is 5.92 Å². The van der Waals surface area contributed by atoms with Gasteiger partial charge in [-0.1, -0.05) is 24.6 Å². The molecule has 1 saturated carbocycles. The number of aliphatic hydroxyl groups is 1. The summed E-state index contributed by atoms with van der Waals surface area (Å²) in [4.78, 5) is 13.0. The first-order chi connectivity index (χ1) is 14.2. The number of fused-ring (bicyclic) bond motifs is 1. The molecule has 2 fully saturated rings. The Hall–Kier alpha value is -1.70. The van der Waals surface area contributed by atoms with Gasteiger partial charge in [0.15, 0.2) is 0 Å². The Morgan fingerprint density at radius 3 is 2.90 bits per heavy atom. The third kappa shape index (κ3) is 4.48. The van der Waals surface area contributed by atoms with Crippen LogP contribution in [0.15, 0.2) is 24.4 Å². The average molecular weight is 441 g/mol. The number of alkyl halides is 2. The molecule has 1 aliphatic carbocycles. The monoisotopic (exact) mass is 440 g/mol. The lowest BCUT2D eigenvalue weighted by Gasteiger charge is -2.39. The van der Waals surface area contributed by atoms with E-state index in [2.05, 4.69) is 5.32 Å². The van der Waals surface area contributed by atoms with Gasteiger partial charge in [0.2, 0.25) is 0 Å². The highest BCUT2D eigenvalue weighted by Gasteiger charge is 2.47. The van der Waals surface area contributed by atoms with Crippen molar-refractivity contribution in [1.82, 2.24) is 9.88 Å². The molecular formula is C22H27ClF2N2O3. The van der Waals surface area contributed by atoms with E-state index in [1.54, 1.807) is 19.2 Å². The Balaban J connectivity index is 1.55. The quantitative estimate of drug-likeness (QED) is 0.724. The van der Waals surface area contributed by atoms with Crippen LogP contribution in [0.25, 0.3) is 10.9 Å². The maximum atomic E-state index is 14.0. The van der Waals surface area contributed by atoms with Gasteiger partial charge < -0.3 is 19.7 Å². The minimum atomic E-state index is -2.93. The van der Waals surface area contributed by atoms with Crippen molar-refractivity contribution in [3.8, 4) is 0 Å². The summed E-state index contributed by atoms with van der Waals surface area (Å²) in [5, 5.41) is 14.4. The van der Waals surface area contributed by atoms with Gasteiger partial charge in [0, 0.05) is 44.1 Å². The number of rotatable bonds is 5. The van der Waals surface area contributed by atoms with Gasteiger partial charge in [-0.25, -0.2) is 8.78 Å². The van der Waals surface area contributed by atoms with Crippen LogP contribution in [0.4, 0.5) is 8.78 Å². The highest BCUT2D eigenvalue weighted by Crippen LogP contribution is 2.42. The first-order valence-corrected chi connectivity index (χ1v) is 10.8. The van der Waals surface area contributed by atoms with Crippen LogP contribution in [0.3, 0.4) is 0 Å². The van der Waals surface area contributed by atoms with Crippen LogP contribution < -0.4 is 5.32 Å². The molecule has 1 aromatic heterocycles. The molecule has 8 heteroatoms. The van der Waals surface area contributed by atoms with E-state index in [0.29, 0.717) is 22.5 Å². The minimum Gasteiger partial charge on any atom is -0.388 e. The van der Waals surface area contributed by atoms with Crippen LogP contribution in [-0.4, -0.2) is 46.4 Å². The number of nitrogens with one attached hydrogen (secondary N) is 1. The highest BCUT2D eigenvalue weighted by atomic mass is 35.5. The number of halogens is 3. The van der Waals surface area contributed by atoms with Crippen LogP contribution in [0.5, 0.6) is 0 Å². The maximum Gasteiger partial charge on any atom is 0.253 e. The van der Waals surface area contributed by atoms with E-state index in [1.165, 1.54) is 0 Å². The molecule has 1 saturated heterocycles. The SMILES string of the molecule is CC1CC(F)(F)CC(O)(CNC(=O)c2cn(CC3CCCO3)c3cccc(Cl)c23)C1. The summed E-state index contributed by atoms with van der Waals surface area (Å²) in [6.45, 7) is 2.81. The number of hydrogen-bond donors (Lipinski definition) is 2. The fourth-order valence-corrected chi connectivity index (χ4v) is 5.24. The van der Waals surface area contributed by atoms with Crippen molar-refractivity contribution in [2.45, 2.75) is 63.2 Å². The fourth-order valence-electron chi connectivity index (χ4n) is 4.97. The maximum absolute atomic E-state index is 14.0. The number of carbonyl (C=O) groups is 1. The molecule has 4 rings (SSSR count). The van der Waals surface area contributed by atoms with E-state index in [4.69, 9.17) is 16.3 Å². The molecule has 3 atom stereocenters. The van der Waals surface area contributed by atoms with Gasteiger partial charge in [0.05, 0.1) is 27.8 Å². The van der Waals surface area contributed by atoms with Crippen LogP contribution in [0.1, 0.15) is 49.4 Å². The van der Waals surface area contributed by atoms with Gasteiger partial charge in [-0.15, -0.1) is 0 Å². The topological polar surface area (TPSA) is 63.5 Å². The van der Waals surface area contributed by atoms with E-state index < -0.39 is 23.9 Å². The number of benzene rings is 1.